The first kappa shape index (κ1) is 19.8. The number of rotatable bonds is 0. The average Bonchev–Trinajstić information content (AvgIpc) is 3.46. The Morgan fingerprint density at radius 3 is 0.929 bits per heavy atom. The molecule has 2 aliphatic heterocycles. The Morgan fingerprint density at radius 1 is 0.429 bits per heavy atom. The highest BCUT2D eigenvalue weighted by atomic mass is 79.9. The number of hydrogen-bond acceptors (Lipinski definition) is 10. The van der Waals surface area contributed by atoms with E-state index in [0.29, 0.717) is 0 Å². The van der Waals surface area contributed by atoms with Gasteiger partial charge in [-0.1, -0.05) is 47.0 Å². The molecule has 140 valence electrons. The Morgan fingerprint density at radius 2 is 0.679 bits per heavy atom. The molecule has 4 aromatic rings. The van der Waals surface area contributed by atoms with Crippen molar-refractivity contribution >= 4 is 156 Å². The number of hydrogen-bond donors (Lipinski definition) is 0. The van der Waals surface area contributed by atoms with Gasteiger partial charge in [0.05, 0.1) is 49.8 Å². The summed E-state index contributed by atoms with van der Waals surface area (Å²) in [6, 6.07) is 0. The van der Waals surface area contributed by atoms with Crippen molar-refractivity contribution in [3.63, 3.8) is 0 Å². The summed E-state index contributed by atoms with van der Waals surface area (Å²) in [5.41, 5.74) is 3.64. The standard InChI is InChI=1S/C14Br4N4S6/c15-1-5-6(20-27-19-5)2(16)10-9(1)23-13(24-10)14-25-11-3(17)7-8(22-28-21-7)4(18)12(11)26-14. The van der Waals surface area contributed by atoms with Gasteiger partial charge >= 0.3 is 0 Å². The lowest BCUT2D eigenvalue weighted by molar-refractivity contribution is 1.23. The Bertz CT molecular complexity index is 1180. The number of thioether (sulfide) groups is 4. The molecular weight excluding hydrogens is 736 g/mol. The molecular formula is C14Br4N4S6. The quantitative estimate of drug-likeness (QED) is 0.178. The molecule has 0 atom stereocenters. The van der Waals surface area contributed by atoms with Crippen molar-refractivity contribution in [2.75, 3.05) is 0 Å². The van der Waals surface area contributed by atoms with Crippen LogP contribution in [0, 0.1) is 0 Å². The monoisotopic (exact) mass is 732 g/mol. The molecule has 0 unspecified atom stereocenters. The predicted octanol–water partition coefficient (Wildman–Crippen LogP) is 8.97. The summed E-state index contributed by atoms with van der Waals surface area (Å²) in [6.45, 7) is 0. The molecule has 28 heavy (non-hydrogen) atoms. The maximum Gasteiger partial charge on any atom is 0.121 e. The van der Waals surface area contributed by atoms with Crippen molar-refractivity contribution in [2.24, 2.45) is 0 Å². The van der Waals surface area contributed by atoms with Crippen LogP contribution in [0.3, 0.4) is 0 Å². The van der Waals surface area contributed by atoms with E-state index in [-0.39, 0.29) is 0 Å². The van der Waals surface area contributed by atoms with Gasteiger partial charge in [0.15, 0.2) is 0 Å². The van der Waals surface area contributed by atoms with Crippen LogP contribution in [0.2, 0.25) is 0 Å². The second-order valence-corrected chi connectivity index (χ2v) is 14.3. The van der Waals surface area contributed by atoms with E-state index in [1.165, 1.54) is 51.5 Å². The third kappa shape index (κ3) is 2.82. The first-order valence-electron chi connectivity index (χ1n) is 7.26. The molecule has 0 saturated carbocycles. The Balaban J connectivity index is 1.48. The molecule has 0 amide bonds. The topological polar surface area (TPSA) is 51.6 Å². The molecule has 0 fully saturated rings. The minimum atomic E-state index is 0.910. The number of fused-ring (bicyclic) bond motifs is 4. The van der Waals surface area contributed by atoms with Crippen LogP contribution < -0.4 is 0 Å². The SMILES string of the molecule is Brc1c2c(c(Br)c3nsnc13)SC(=C1Sc3c(c(Br)c4nsnc4c3Br)S1)S2. The molecule has 4 heterocycles. The van der Waals surface area contributed by atoms with E-state index in [4.69, 9.17) is 0 Å². The highest BCUT2D eigenvalue weighted by molar-refractivity contribution is 9.11. The third-order valence-electron chi connectivity index (χ3n) is 3.96. The van der Waals surface area contributed by atoms with E-state index in [1.807, 2.05) is 0 Å². The molecule has 0 saturated heterocycles. The molecule has 2 aliphatic rings. The molecule has 0 radical (unpaired) electrons. The number of aromatic nitrogens is 4. The van der Waals surface area contributed by atoms with Crippen LogP contribution in [0.5, 0.6) is 0 Å². The van der Waals surface area contributed by atoms with Gasteiger partial charge in [0.1, 0.15) is 22.1 Å². The summed E-state index contributed by atoms with van der Waals surface area (Å²) < 4.78 is 24.4. The molecule has 0 bridgehead atoms. The van der Waals surface area contributed by atoms with Gasteiger partial charge < -0.3 is 0 Å². The highest BCUT2D eigenvalue weighted by Crippen LogP contribution is 2.66. The van der Waals surface area contributed by atoms with Gasteiger partial charge in [0.2, 0.25) is 0 Å². The Hall–Kier alpha value is 1.14. The number of benzene rings is 2. The lowest BCUT2D eigenvalue weighted by Gasteiger charge is -2.03. The average molecular weight is 736 g/mol. The van der Waals surface area contributed by atoms with E-state index in [1.54, 1.807) is 47.0 Å². The van der Waals surface area contributed by atoms with E-state index in [0.717, 1.165) is 40.0 Å². The van der Waals surface area contributed by atoms with Gasteiger partial charge in [-0.25, -0.2) is 0 Å². The van der Waals surface area contributed by atoms with Gasteiger partial charge in [-0.3, -0.25) is 0 Å². The second kappa shape index (κ2) is 7.34. The predicted molar refractivity (Wildman–Crippen MR) is 136 cm³/mol. The zero-order valence-electron chi connectivity index (χ0n) is 12.8. The van der Waals surface area contributed by atoms with Crippen LogP contribution in [0.1, 0.15) is 0 Å². The van der Waals surface area contributed by atoms with Gasteiger partial charge in [0, 0.05) is 19.6 Å². The summed E-state index contributed by atoms with van der Waals surface area (Å²) in [4.78, 5) is 4.77. The summed E-state index contributed by atoms with van der Waals surface area (Å²) in [7, 11) is 0. The van der Waals surface area contributed by atoms with Crippen LogP contribution in [0.4, 0.5) is 0 Å². The highest BCUT2D eigenvalue weighted by Gasteiger charge is 2.34. The third-order valence-corrected chi connectivity index (χ3v) is 14.9. The van der Waals surface area contributed by atoms with Crippen LogP contribution in [0.25, 0.3) is 22.1 Å². The second-order valence-electron chi connectivity index (χ2n) is 5.48. The van der Waals surface area contributed by atoms with Crippen LogP contribution in [0.15, 0.2) is 45.9 Å². The summed E-state index contributed by atoms with van der Waals surface area (Å²) in [5.74, 6) is 0. The molecule has 4 nitrogen and oxygen atoms in total. The summed E-state index contributed by atoms with van der Waals surface area (Å²) in [6.07, 6.45) is 0. The molecule has 0 aliphatic carbocycles. The maximum absolute atomic E-state index is 4.44. The van der Waals surface area contributed by atoms with Crippen molar-refractivity contribution < 1.29 is 0 Å². The number of nitrogens with zero attached hydrogens (tertiary/aromatic N) is 4. The Kier molecular flexibility index (Phi) is 5.19. The molecule has 0 N–H and O–H groups in total. The molecule has 0 spiro atoms. The van der Waals surface area contributed by atoms with Crippen molar-refractivity contribution in [1.29, 1.82) is 0 Å². The van der Waals surface area contributed by atoms with E-state index >= 15 is 0 Å². The van der Waals surface area contributed by atoms with Gasteiger partial charge in [-0.2, -0.15) is 17.5 Å². The van der Waals surface area contributed by atoms with Crippen molar-refractivity contribution in [3.8, 4) is 0 Å². The van der Waals surface area contributed by atoms with Gasteiger partial charge in [0.25, 0.3) is 0 Å². The minimum Gasteiger partial charge on any atom is -0.172 e. The largest absolute Gasteiger partial charge is 0.172 e. The fraction of sp³-hybridized carbons (Fsp3) is 0. The first-order chi connectivity index (χ1) is 13.5. The molecule has 14 heteroatoms. The van der Waals surface area contributed by atoms with E-state index in [2.05, 4.69) is 81.2 Å². The van der Waals surface area contributed by atoms with E-state index < -0.39 is 0 Å². The van der Waals surface area contributed by atoms with Gasteiger partial charge in [-0.05, 0) is 63.7 Å². The zero-order valence-corrected chi connectivity index (χ0v) is 24.0. The lowest BCUT2D eigenvalue weighted by Crippen LogP contribution is -1.81. The van der Waals surface area contributed by atoms with Crippen molar-refractivity contribution in [2.45, 2.75) is 19.6 Å². The molecule has 6 rings (SSSR count). The zero-order chi connectivity index (χ0) is 19.2. The number of halogens is 4. The van der Waals surface area contributed by atoms with Crippen molar-refractivity contribution in [1.82, 2.24) is 17.5 Å². The lowest BCUT2D eigenvalue weighted by atomic mass is 10.3. The van der Waals surface area contributed by atoms with Crippen LogP contribution in [-0.4, -0.2) is 17.5 Å². The van der Waals surface area contributed by atoms with Crippen LogP contribution in [-0.2, 0) is 0 Å². The minimum absolute atomic E-state index is 0.910. The smallest absolute Gasteiger partial charge is 0.121 e. The molecule has 2 aromatic heterocycles. The normalized spacial score (nSPS) is 15.9. The summed E-state index contributed by atoms with van der Waals surface area (Å²) in [5, 5.41) is 0. The fourth-order valence-corrected chi connectivity index (χ4v) is 13.1. The van der Waals surface area contributed by atoms with Crippen molar-refractivity contribution in [3.05, 3.63) is 26.4 Å². The maximum atomic E-state index is 4.44. The fourth-order valence-electron chi connectivity index (χ4n) is 2.73. The molecule has 2 aromatic carbocycles. The first-order valence-corrected chi connectivity index (χ1v) is 15.2. The van der Waals surface area contributed by atoms with Gasteiger partial charge in [-0.15, -0.1) is 0 Å². The van der Waals surface area contributed by atoms with Crippen LogP contribution >= 0.6 is 134 Å². The summed E-state index contributed by atoms with van der Waals surface area (Å²) >= 11 is 24.6. The Labute approximate surface area is 217 Å². The van der Waals surface area contributed by atoms with E-state index in [9.17, 15) is 0 Å².